The Hall–Kier alpha value is -1.77. The van der Waals surface area contributed by atoms with Crippen LogP contribution >= 0.6 is 0 Å². The van der Waals surface area contributed by atoms with E-state index in [1.807, 2.05) is 0 Å². The highest BCUT2D eigenvalue weighted by Crippen LogP contribution is 2.16. The van der Waals surface area contributed by atoms with E-state index in [-0.39, 0.29) is 5.82 Å². The molecule has 0 fully saturated rings. The van der Waals surface area contributed by atoms with Gasteiger partial charge in [-0.3, -0.25) is 0 Å². The molecule has 1 radical (unpaired) electrons. The van der Waals surface area contributed by atoms with Gasteiger partial charge in [0, 0.05) is 24.0 Å². The minimum Gasteiger partial charge on any atom is -0.244 e. The summed E-state index contributed by atoms with van der Waals surface area (Å²) in [7, 11) is 0. The molecule has 2 rings (SSSR count). The molecule has 2 aromatic rings. The number of hydrogen-bond acceptors (Lipinski definition) is 2. The molecule has 0 unspecified atom stereocenters. The van der Waals surface area contributed by atoms with Gasteiger partial charge in [0.1, 0.15) is 12.1 Å². The third-order valence-electron chi connectivity index (χ3n) is 1.66. The van der Waals surface area contributed by atoms with Crippen molar-refractivity contribution in [1.29, 1.82) is 0 Å². The summed E-state index contributed by atoms with van der Waals surface area (Å²) < 4.78 is 12.8. The van der Waals surface area contributed by atoms with Gasteiger partial charge in [0.25, 0.3) is 0 Å². The summed E-state index contributed by atoms with van der Waals surface area (Å²) >= 11 is 0. The Balaban J connectivity index is 2.48. The number of aromatic nitrogens is 2. The molecule has 0 N–H and O–H groups in total. The van der Waals surface area contributed by atoms with Crippen molar-refractivity contribution in [3.05, 3.63) is 48.8 Å². The van der Waals surface area contributed by atoms with Gasteiger partial charge in [-0.1, -0.05) is 12.1 Å². The molecule has 0 aliphatic carbocycles. The fourth-order valence-electron chi connectivity index (χ4n) is 1.07. The maximum atomic E-state index is 12.8. The van der Waals surface area contributed by atoms with Crippen molar-refractivity contribution < 1.29 is 4.39 Å². The molecule has 0 saturated carbocycles. The number of halogens is 1. The van der Waals surface area contributed by atoms with Crippen LogP contribution < -0.4 is 0 Å². The predicted molar refractivity (Wildman–Crippen MR) is 46.3 cm³/mol. The van der Waals surface area contributed by atoms with Crippen LogP contribution in [-0.2, 0) is 0 Å². The first-order chi connectivity index (χ1) is 6.36. The standard InChI is InChI=1S/C10H6FN2/c11-10-3-1-2-8(4-10)9-5-12-7-13-6-9/h1-2,4-7H. The van der Waals surface area contributed by atoms with Crippen molar-refractivity contribution in [2.24, 2.45) is 0 Å². The zero-order chi connectivity index (χ0) is 9.10. The average Bonchev–Trinajstić information content (AvgIpc) is 2.19. The van der Waals surface area contributed by atoms with Crippen molar-refractivity contribution in [1.82, 2.24) is 9.97 Å². The Labute approximate surface area is 75.1 Å². The van der Waals surface area contributed by atoms with E-state index >= 15 is 0 Å². The van der Waals surface area contributed by atoms with Crippen LogP contribution in [0.2, 0.25) is 0 Å². The minimum atomic E-state index is -0.374. The predicted octanol–water partition coefficient (Wildman–Crippen LogP) is 2.08. The number of hydrogen-bond donors (Lipinski definition) is 0. The van der Waals surface area contributed by atoms with E-state index in [4.69, 9.17) is 0 Å². The Morgan fingerprint density at radius 2 is 1.92 bits per heavy atom. The third-order valence-corrected chi connectivity index (χ3v) is 1.66. The molecular weight excluding hydrogens is 167 g/mol. The van der Waals surface area contributed by atoms with Gasteiger partial charge in [-0.05, 0) is 11.6 Å². The summed E-state index contributed by atoms with van der Waals surface area (Å²) in [6.07, 6.45) is 4.72. The van der Waals surface area contributed by atoms with Gasteiger partial charge in [0.2, 0.25) is 0 Å². The van der Waals surface area contributed by atoms with E-state index < -0.39 is 0 Å². The van der Waals surface area contributed by atoms with Gasteiger partial charge < -0.3 is 0 Å². The molecule has 3 heteroatoms. The molecule has 0 bridgehead atoms. The Morgan fingerprint density at radius 1 is 1.15 bits per heavy atom. The lowest BCUT2D eigenvalue weighted by Gasteiger charge is -1.98. The highest BCUT2D eigenvalue weighted by molar-refractivity contribution is 5.60. The van der Waals surface area contributed by atoms with Crippen LogP contribution in [0.5, 0.6) is 0 Å². The normalized spacial score (nSPS) is 9.92. The first-order valence-electron chi connectivity index (χ1n) is 3.79. The highest BCUT2D eigenvalue weighted by atomic mass is 19.1. The zero-order valence-corrected chi connectivity index (χ0v) is 6.74. The van der Waals surface area contributed by atoms with Crippen molar-refractivity contribution >= 4 is 0 Å². The summed E-state index contributed by atoms with van der Waals surface area (Å²) in [5.41, 5.74) is 1.56. The lowest BCUT2D eigenvalue weighted by atomic mass is 10.1. The molecule has 2 nitrogen and oxygen atoms in total. The summed E-state index contributed by atoms with van der Waals surface area (Å²) in [6, 6.07) is 7.14. The van der Waals surface area contributed by atoms with Crippen molar-refractivity contribution in [3.8, 4) is 11.1 Å². The van der Waals surface area contributed by atoms with Crippen molar-refractivity contribution in [3.63, 3.8) is 0 Å². The third kappa shape index (κ3) is 1.69. The lowest BCUT2D eigenvalue weighted by Crippen LogP contribution is -1.82. The topological polar surface area (TPSA) is 25.8 Å². The molecule has 1 aromatic carbocycles. The largest absolute Gasteiger partial charge is 0.244 e. The van der Waals surface area contributed by atoms with Crippen LogP contribution in [0.4, 0.5) is 4.39 Å². The molecule has 0 aliphatic heterocycles. The second kappa shape index (κ2) is 3.31. The van der Waals surface area contributed by atoms with Crippen LogP contribution in [-0.4, -0.2) is 9.97 Å². The van der Waals surface area contributed by atoms with E-state index in [9.17, 15) is 4.39 Å². The number of benzene rings is 1. The summed E-state index contributed by atoms with van der Waals surface area (Å²) in [4.78, 5) is 7.69. The monoisotopic (exact) mass is 173 g/mol. The second-order valence-corrected chi connectivity index (χ2v) is 2.55. The van der Waals surface area contributed by atoms with E-state index in [1.54, 1.807) is 18.5 Å². The molecule has 0 aliphatic rings. The number of rotatable bonds is 1. The molecule has 13 heavy (non-hydrogen) atoms. The molecular formula is C10H6FN2. The number of nitrogens with zero attached hydrogens (tertiary/aromatic N) is 2. The molecule has 0 saturated heterocycles. The minimum absolute atomic E-state index is 0.374. The first-order valence-corrected chi connectivity index (χ1v) is 3.79. The highest BCUT2D eigenvalue weighted by Gasteiger charge is 1.98. The fraction of sp³-hybridized carbons (Fsp3) is 0. The second-order valence-electron chi connectivity index (χ2n) is 2.55. The zero-order valence-electron chi connectivity index (χ0n) is 6.74. The average molecular weight is 173 g/mol. The Morgan fingerprint density at radius 3 is 2.62 bits per heavy atom. The van der Waals surface area contributed by atoms with Crippen LogP contribution in [0, 0.1) is 11.9 Å². The fourth-order valence-corrected chi connectivity index (χ4v) is 1.07. The van der Waals surface area contributed by atoms with Gasteiger partial charge >= 0.3 is 0 Å². The molecule has 0 amide bonds. The Bertz CT molecular complexity index is 401. The quantitative estimate of drug-likeness (QED) is 0.659. The first kappa shape index (κ1) is 7.86. The Kier molecular flexibility index (Phi) is 2.00. The molecule has 1 aromatic heterocycles. The van der Waals surface area contributed by atoms with E-state index in [1.165, 1.54) is 18.5 Å². The van der Waals surface area contributed by atoms with Crippen LogP contribution in [0.25, 0.3) is 11.1 Å². The molecule has 0 atom stereocenters. The summed E-state index contributed by atoms with van der Waals surface area (Å²) in [5, 5.41) is 0. The molecule has 0 spiro atoms. The van der Waals surface area contributed by atoms with Gasteiger partial charge in [-0.25, -0.2) is 14.4 Å². The van der Waals surface area contributed by atoms with E-state index in [0.29, 0.717) is 0 Å². The van der Waals surface area contributed by atoms with Crippen LogP contribution in [0.1, 0.15) is 0 Å². The van der Waals surface area contributed by atoms with Gasteiger partial charge in [-0.15, -0.1) is 0 Å². The van der Waals surface area contributed by atoms with Crippen molar-refractivity contribution in [2.75, 3.05) is 0 Å². The van der Waals surface area contributed by atoms with Gasteiger partial charge in [-0.2, -0.15) is 0 Å². The van der Waals surface area contributed by atoms with Crippen molar-refractivity contribution in [2.45, 2.75) is 0 Å². The van der Waals surface area contributed by atoms with E-state index in [0.717, 1.165) is 11.1 Å². The van der Waals surface area contributed by atoms with Gasteiger partial charge in [0.05, 0.1) is 0 Å². The SMILES string of the molecule is Fc1[c]ccc(-c2cncnc2)c1. The lowest BCUT2D eigenvalue weighted by molar-refractivity contribution is 0.626. The van der Waals surface area contributed by atoms with Gasteiger partial charge in [0.15, 0.2) is 0 Å². The molecule has 1 heterocycles. The van der Waals surface area contributed by atoms with Crippen LogP contribution in [0.3, 0.4) is 0 Å². The summed E-state index contributed by atoms with van der Waals surface area (Å²) in [6.45, 7) is 0. The van der Waals surface area contributed by atoms with Crippen LogP contribution in [0.15, 0.2) is 36.9 Å². The summed E-state index contributed by atoms with van der Waals surface area (Å²) in [5.74, 6) is -0.374. The maximum absolute atomic E-state index is 12.8. The maximum Gasteiger partial charge on any atom is 0.131 e. The smallest absolute Gasteiger partial charge is 0.131 e. The van der Waals surface area contributed by atoms with E-state index in [2.05, 4.69) is 16.0 Å². The molecule has 63 valence electrons.